The Morgan fingerprint density at radius 3 is 2.70 bits per heavy atom. The zero-order valence-electron chi connectivity index (χ0n) is 13.3. The summed E-state index contributed by atoms with van der Waals surface area (Å²) in [5.74, 6) is 0.715. The molecule has 23 heavy (non-hydrogen) atoms. The molecule has 1 aliphatic rings. The van der Waals surface area contributed by atoms with Crippen molar-refractivity contribution in [3.8, 4) is 5.75 Å². The summed E-state index contributed by atoms with van der Waals surface area (Å²) in [6.07, 6.45) is 3.86. The monoisotopic (exact) mass is 426 g/mol. The average Bonchev–Trinajstić information content (AvgIpc) is 2.50. The van der Waals surface area contributed by atoms with E-state index in [2.05, 4.69) is 27.6 Å². The van der Waals surface area contributed by atoms with E-state index < -0.39 is 15.6 Å². The highest BCUT2D eigenvalue weighted by molar-refractivity contribution is 9.10. The summed E-state index contributed by atoms with van der Waals surface area (Å²) in [6.45, 7) is 2.37. The molecule has 0 saturated heterocycles. The second-order valence-corrected chi connectivity index (χ2v) is 8.41. The van der Waals surface area contributed by atoms with Crippen molar-refractivity contribution in [1.82, 2.24) is 4.72 Å². The van der Waals surface area contributed by atoms with Gasteiger partial charge in [-0.2, -0.15) is 0 Å². The van der Waals surface area contributed by atoms with Crippen LogP contribution >= 0.6 is 28.3 Å². The first-order chi connectivity index (χ1) is 10.3. The number of methoxy groups -OCH3 is 1. The molecule has 1 fully saturated rings. The van der Waals surface area contributed by atoms with E-state index >= 15 is 0 Å². The summed E-state index contributed by atoms with van der Waals surface area (Å²) in [4.78, 5) is 0.178. The highest BCUT2D eigenvalue weighted by atomic mass is 79.9. The first-order valence-corrected chi connectivity index (χ1v) is 9.70. The van der Waals surface area contributed by atoms with Crippen LogP contribution in [0.5, 0.6) is 5.75 Å². The van der Waals surface area contributed by atoms with Crippen LogP contribution < -0.4 is 15.2 Å². The number of halogens is 2. The van der Waals surface area contributed by atoms with Crippen LogP contribution in [-0.4, -0.2) is 27.6 Å². The molecule has 0 spiro atoms. The molecule has 0 amide bonds. The van der Waals surface area contributed by atoms with Crippen molar-refractivity contribution in [3.63, 3.8) is 0 Å². The molecule has 1 aliphatic carbocycles. The normalized spacial score (nSPS) is 24.8. The third kappa shape index (κ3) is 4.39. The summed E-state index contributed by atoms with van der Waals surface area (Å²) >= 11 is 3.31. The summed E-state index contributed by atoms with van der Waals surface area (Å²) in [5, 5.41) is 0. The molecule has 8 heteroatoms. The van der Waals surface area contributed by atoms with Crippen molar-refractivity contribution in [2.45, 2.75) is 43.0 Å². The number of nitrogens with two attached hydrogens (primary N) is 1. The predicted molar refractivity (Wildman–Crippen MR) is 97.7 cm³/mol. The highest BCUT2D eigenvalue weighted by Crippen LogP contribution is 2.35. The Kier molecular flexibility index (Phi) is 7.35. The number of rotatable bonds is 5. The fourth-order valence-electron chi connectivity index (χ4n) is 3.05. The van der Waals surface area contributed by atoms with E-state index in [1.807, 2.05) is 0 Å². The SMILES string of the molecule is COc1ccc(Br)c(S(=O)(=O)NC2(CN)CCCCC2C)c1.Cl. The molecular formula is C15H24BrClN2O3S. The minimum Gasteiger partial charge on any atom is -0.497 e. The summed E-state index contributed by atoms with van der Waals surface area (Å²) < 4.78 is 34.2. The Hall–Kier alpha value is -0.340. The molecule has 0 heterocycles. The van der Waals surface area contributed by atoms with Gasteiger partial charge in [-0.05, 0) is 46.8 Å². The average molecular weight is 428 g/mol. The topological polar surface area (TPSA) is 81.4 Å². The van der Waals surface area contributed by atoms with Crippen LogP contribution in [0.2, 0.25) is 0 Å². The fourth-order valence-corrected chi connectivity index (χ4v) is 5.56. The van der Waals surface area contributed by atoms with Crippen LogP contribution in [0.25, 0.3) is 0 Å². The Morgan fingerprint density at radius 1 is 1.43 bits per heavy atom. The van der Waals surface area contributed by atoms with Crippen molar-refractivity contribution in [3.05, 3.63) is 22.7 Å². The van der Waals surface area contributed by atoms with Gasteiger partial charge in [0.05, 0.1) is 12.0 Å². The van der Waals surface area contributed by atoms with E-state index in [9.17, 15) is 8.42 Å². The predicted octanol–water partition coefficient (Wildman–Crippen LogP) is 3.07. The Bertz CT molecular complexity index is 642. The number of sulfonamides is 1. The molecule has 2 unspecified atom stereocenters. The first kappa shape index (κ1) is 20.7. The number of ether oxygens (including phenoxy) is 1. The van der Waals surface area contributed by atoms with Crippen LogP contribution in [-0.2, 0) is 10.0 Å². The number of benzene rings is 1. The molecule has 1 aromatic carbocycles. The molecule has 2 rings (SSSR count). The van der Waals surface area contributed by atoms with Gasteiger partial charge in [0.25, 0.3) is 0 Å². The third-order valence-corrected chi connectivity index (χ3v) is 7.13. The third-order valence-electron chi connectivity index (χ3n) is 4.58. The standard InChI is InChI=1S/C15H23BrN2O3S.ClH/c1-11-5-3-4-8-15(11,10-17)18-22(19,20)14-9-12(21-2)6-7-13(14)16;/h6-7,9,11,18H,3-5,8,10,17H2,1-2H3;1H. The highest BCUT2D eigenvalue weighted by Gasteiger charge is 2.41. The van der Waals surface area contributed by atoms with Gasteiger partial charge in [-0.25, -0.2) is 13.1 Å². The minimum atomic E-state index is -3.68. The van der Waals surface area contributed by atoms with Gasteiger partial charge in [-0.3, -0.25) is 0 Å². The number of hydrogen-bond acceptors (Lipinski definition) is 4. The summed E-state index contributed by atoms with van der Waals surface area (Å²) in [7, 11) is -2.17. The van der Waals surface area contributed by atoms with Crippen LogP contribution in [0.3, 0.4) is 0 Å². The number of hydrogen-bond donors (Lipinski definition) is 2. The molecular weight excluding hydrogens is 404 g/mol. The van der Waals surface area contributed by atoms with E-state index in [0.29, 0.717) is 16.8 Å². The summed E-state index contributed by atoms with van der Waals surface area (Å²) in [6, 6.07) is 4.90. The molecule has 5 nitrogen and oxygen atoms in total. The maximum atomic E-state index is 12.8. The van der Waals surface area contributed by atoms with Gasteiger partial charge in [0.1, 0.15) is 5.75 Å². The van der Waals surface area contributed by atoms with E-state index in [1.165, 1.54) is 13.2 Å². The van der Waals surface area contributed by atoms with Crippen molar-refractivity contribution in [1.29, 1.82) is 0 Å². The van der Waals surface area contributed by atoms with Crippen LogP contribution in [0.4, 0.5) is 0 Å². The quantitative estimate of drug-likeness (QED) is 0.756. The Morgan fingerprint density at radius 2 is 2.13 bits per heavy atom. The molecule has 0 radical (unpaired) electrons. The van der Waals surface area contributed by atoms with Gasteiger partial charge in [0.15, 0.2) is 0 Å². The fraction of sp³-hybridized carbons (Fsp3) is 0.600. The lowest BCUT2D eigenvalue weighted by atomic mass is 9.74. The zero-order valence-corrected chi connectivity index (χ0v) is 16.6. The van der Waals surface area contributed by atoms with Crippen LogP contribution in [0.15, 0.2) is 27.6 Å². The number of nitrogens with one attached hydrogen (secondary N) is 1. The van der Waals surface area contributed by atoms with Gasteiger partial charge in [-0.15, -0.1) is 12.4 Å². The minimum absolute atomic E-state index is 0. The Balaban J connectivity index is 0.00000264. The molecule has 2 atom stereocenters. The van der Waals surface area contributed by atoms with Crippen LogP contribution in [0, 0.1) is 5.92 Å². The van der Waals surface area contributed by atoms with Crippen molar-refractivity contribution in [2.24, 2.45) is 11.7 Å². The second kappa shape index (κ2) is 8.16. The van der Waals surface area contributed by atoms with E-state index in [-0.39, 0.29) is 23.2 Å². The van der Waals surface area contributed by atoms with E-state index in [4.69, 9.17) is 10.5 Å². The largest absolute Gasteiger partial charge is 0.497 e. The second-order valence-electron chi connectivity index (χ2n) is 5.91. The van der Waals surface area contributed by atoms with Gasteiger partial charge in [-0.1, -0.05) is 19.8 Å². The lowest BCUT2D eigenvalue weighted by Gasteiger charge is -2.42. The summed E-state index contributed by atoms with van der Waals surface area (Å²) in [5.41, 5.74) is 5.37. The van der Waals surface area contributed by atoms with Gasteiger partial charge < -0.3 is 10.5 Å². The molecule has 3 N–H and O–H groups in total. The zero-order chi connectivity index (χ0) is 16.4. The molecule has 1 aromatic rings. The van der Waals surface area contributed by atoms with Crippen LogP contribution in [0.1, 0.15) is 32.6 Å². The van der Waals surface area contributed by atoms with E-state index in [0.717, 1.165) is 25.7 Å². The smallest absolute Gasteiger partial charge is 0.242 e. The molecule has 1 saturated carbocycles. The van der Waals surface area contributed by atoms with Crippen molar-refractivity contribution < 1.29 is 13.2 Å². The molecule has 0 aromatic heterocycles. The van der Waals surface area contributed by atoms with Gasteiger partial charge >= 0.3 is 0 Å². The lowest BCUT2D eigenvalue weighted by molar-refractivity contribution is 0.191. The van der Waals surface area contributed by atoms with Crippen molar-refractivity contribution in [2.75, 3.05) is 13.7 Å². The Labute approximate surface area is 152 Å². The van der Waals surface area contributed by atoms with E-state index in [1.54, 1.807) is 12.1 Å². The molecule has 132 valence electrons. The maximum absolute atomic E-state index is 12.8. The molecule has 0 bridgehead atoms. The first-order valence-electron chi connectivity index (χ1n) is 7.42. The molecule has 0 aliphatic heterocycles. The van der Waals surface area contributed by atoms with Crippen molar-refractivity contribution >= 4 is 38.4 Å². The van der Waals surface area contributed by atoms with Gasteiger partial charge in [0, 0.05) is 22.6 Å². The van der Waals surface area contributed by atoms with Gasteiger partial charge in [0.2, 0.25) is 10.0 Å². The maximum Gasteiger partial charge on any atom is 0.242 e. The lowest BCUT2D eigenvalue weighted by Crippen LogP contribution is -2.58.